The Morgan fingerprint density at radius 3 is 2.54 bits per heavy atom. The second-order valence-corrected chi connectivity index (χ2v) is 10.1. The van der Waals surface area contributed by atoms with Gasteiger partial charge in [0, 0.05) is 38.4 Å². The number of piperazine rings is 1. The molecule has 7 heteroatoms. The molecule has 1 N–H and O–H groups in total. The maximum Gasteiger partial charge on any atom is 0.236 e. The van der Waals surface area contributed by atoms with Crippen LogP contribution in [0.5, 0.6) is 0 Å². The van der Waals surface area contributed by atoms with E-state index in [-0.39, 0.29) is 5.91 Å². The van der Waals surface area contributed by atoms with E-state index in [2.05, 4.69) is 35.3 Å². The Hall–Kier alpha value is -1.60. The summed E-state index contributed by atoms with van der Waals surface area (Å²) in [6, 6.07) is 8.24. The molecule has 28 heavy (non-hydrogen) atoms. The van der Waals surface area contributed by atoms with Gasteiger partial charge in [0.2, 0.25) is 15.9 Å². The molecule has 1 aliphatic heterocycles. The van der Waals surface area contributed by atoms with Crippen molar-refractivity contribution in [3.05, 3.63) is 29.8 Å². The zero-order valence-electron chi connectivity index (χ0n) is 16.9. The third-order valence-electron chi connectivity index (χ3n) is 5.90. The third-order valence-corrected chi connectivity index (χ3v) is 7.68. The monoisotopic (exact) mass is 407 g/mol. The van der Waals surface area contributed by atoms with Crippen molar-refractivity contribution >= 4 is 21.6 Å². The second kappa shape index (κ2) is 9.74. The highest BCUT2D eigenvalue weighted by atomic mass is 32.2. The van der Waals surface area contributed by atoms with E-state index in [4.69, 9.17) is 0 Å². The van der Waals surface area contributed by atoms with Crippen LogP contribution in [0.1, 0.15) is 44.1 Å². The van der Waals surface area contributed by atoms with E-state index in [0.29, 0.717) is 32.7 Å². The summed E-state index contributed by atoms with van der Waals surface area (Å²) in [5.74, 6) is -0.0289. The average Bonchev–Trinajstić information content (AvgIpc) is 3.18. The van der Waals surface area contributed by atoms with Crippen LogP contribution in [0.15, 0.2) is 24.3 Å². The van der Waals surface area contributed by atoms with Gasteiger partial charge in [-0.3, -0.25) is 4.79 Å². The van der Waals surface area contributed by atoms with Crippen LogP contribution in [0.4, 0.5) is 5.69 Å². The highest BCUT2D eigenvalue weighted by molar-refractivity contribution is 7.89. The molecule has 0 bridgehead atoms. The Kier molecular flexibility index (Phi) is 7.35. The van der Waals surface area contributed by atoms with Crippen LogP contribution in [0, 0.1) is 12.8 Å². The van der Waals surface area contributed by atoms with Crippen LogP contribution in [0.3, 0.4) is 0 Å². The van der Waals surface area contributed by atoms with Crippen molar-refractivity contribution in [3.63, 3.8) is 0 Å². The smallest absolute Gasteiger partial charge is 0.236 e. The lowest BCUT2D eigenvalue weighted by Gasteiger charge is -2.35. The van der Waals surface area contributed by atoms with Gasteiger partial charge in [-0.05, 0) is 43.4 Å². The normalized spacial score (nSPS) is 19.1. The van der Waals surface area contributed by atoms with Gasteiger partial charge >= 0.3 is 0 Å². The van der Waals surface area contributed by atoms with Crippen molar-refractivity contribution in [1.29, 1.82) is 0 Å². The van der Waals surface area contributed by atoms with E-state index in [9.17, 15) is 13.2 Å². The van der Waals surface area contributed by atoms with Crippen molar-refractivity contribution in [2.75, 3.05) is 43.4 Å². The Bertz CT molecular complexity index is 752. The minimum atomic E-state index is -3.55. The second-order valence-electron chi connectivity index (χ2n) is 8.12. The standard InChI is InChI=1S/C21H33N3O3S/c1-18-6-4-10-20(16-18)23-12-14-24(15-13-23)28(26,27)17-21(25)22-11-5-9-19-7-2-3-8-19/h4,6,10,16,19H,2-3,5,7-9,11-15,17H2,1H3,(H,22,25). The van der Waals surface area contributed by atoms with E-state index in [1.165, 1.54) is 35.6 Å². The molecule has 1 aliphatic carbocycles. The van der Waals surface area contributed by atoms with Crippen molar-refractivity contribution in [3.8, 4) is 0 Å². The molecule has 2 aliphatic rings. The van der Waals surface area contributed by atoms with Gasteiger partial charge in [0.15, 0.2) is 0 Å². The highest BCUT2D eigenvalue weighted by Gasteiger charge is 2.29. The van der Waals surface area contributed by atoms with Crippen molar-refractivity contribution < 1.29 is 13.2 Å². The molecule has 0 spiro atoms. The van der Waals surface area contributed by atoms with E-state index < -0.39 is 15.8 Å². The molecule has 1 aromatic rings. The van der Waals surface area contributed by atoms with Crippen LogP contribution in [-0.4, -0.2) is 57.1 Å². The van der Waals surface area contributed by atoms with Crippen LogP contribution in [-0.2, 0) is 14.8 Å². The molecular weight excluding hydrogens is 374 g/mol. The summed E-state index contributed by atoms with van der Waals surface area (Å²) in [7, 11) is -3.55. The van der Waals surface area contributed by atoms with E-state index in [1.54, 1.807) is 0 Å². The van der Waals surface area contributed by atoms with Gasteiger partial charge in [0.25, 0.3) is 0 Å². The summed E-state index contributed by atoms with van der Waals surface area (Å²) in [4.78, 5) is 14.3. The molecule has 1 saturated heterocycles. The molecule has 0 unspecified atom stereocenters. The predicted molar refractivity (Wildman–Crippen MR) is 113 cm³/mol. The third kappa shape index (κ3) is 5.95. The van der Waals surface area contributed by atoms with Crippen molar-refractivity contribution in [1.82, 2.24) is 9.62 Å². The molecule has 0 radical (unpaired) electrons. The summed E-state index contributed by atoms with van der Waals surface area (Å²) >= 11 is 0. The fourth-order valence-corrected chi connectivity index (χ4v) is 5.61. The van der Waals surface area contributed by atoms with Gasteiger partial charge in [-0.2, -0.15) is 4.31 Å². The van der Waals surface area contributed by atoms with Crippen LogP contribution in [0.25, 0.3) is 0 Å². The molecule has 0 atom stereocenters. The number of sulfonamides is 1. The van der Waals surface area contributed by atoms with E-state index >= 15 is 0 Å². The minimum Gasteiger partial charge on any atom is -0.369 e. The molecule has 2 fully saturated rings. The van der Waals surface area contributed by atoms with Gasteiger partial charge in [0.1, 0.15) is 5.75 Å². The SMILES string of the molecule is Cc1cccc(N2CCN(S(=O)(=O)CC(=O)NCCCC3CCCC3)CC2)c1. The molecule has 3 rings (SSSR count). The Labute approximate surface area is 169 Å². The molecule has 6 nitrogen and oxygen atoms in total. The first-order chi connectivity index (χ1) is 13.4. The van der Waals surface area contributed by atoms with Crippen molar-refractivity contribution in [2.45, 2.75) is 45.4 Å². The summed E-state index contributed by atoms with van der Waals surface area (Å²) in [6.07, 6.45) is 7.33. The maximum atomic E-state index is 12.6. The zero-order valence-corrected chi connectivity index (χ0v) is 17.7. The molecule has 156 valence electrons. The fourth-order valence-electron chi connectivity index (χ4n) is 4.27. The molecule has 1 aromatic carbocycles. The first-order valence-electron chi connectivity index (χ1n) is 10.5. The summed E-state index contributed by atoms with van der Waals surface area (Å²) in [5.41, 5.74) is 2.31. The molecule has 1 heterocycles. The van der Waals surface area contributed by atoms with Gasteiger partial charge < -0.3 is 10.2 Å². The minimum absolute atomic E-state index is 0.382. The lowest BCUT2D eigenvalue weighted by atomic mass is 10.0. The number of hydrogen-bond donors (Lipinski definition) is 1. The van der Waals surface area contributed by atoms with E-state index in [0.717, 1.165) is 24.4 Å². The van der Waals surface area contributed by atoms with Crippen molar-refractivity contribution in [2.24, 2.45) is 5.92 Å². The Morgan fingerprint density at radius 1 is 1.14 bits per heavy atom. The zero-order chi connectivity index (χ0) is 20.0. The van der Waals surface area contributed by atoms with Crippen LogP contribution >= 0.6 is 0 Å². The van der Waals surface area contributed by atoms with Gasteiger partial charge in [-0.25, -0.2) is 8.42 Å². The molecular formula is C21H33N3O3S. The number of nitrogens with one attached hydrogen (secondary N) is 1. The summed E-state index contributed by atoms with van der Waals surface area (Å²) < 4.78 is 26.6. The fraction of sp³-hybridized carbons (Fsp3) is 0.667. The van der Waals surface area contributed by atoms with Gasteiger partial charge in [-0.1, -0.05) is 37.8 Å². The highest BCUT2D eigenvalue weighted by Crippen LogP contribution is 2.28. The Morgan fingerprint density at radius 2 is 1.86 bits per heavy atom. The Balaban J connectivity index is 1.40. The number of anilines is 1. The first kappa shape index (κ1) is 21.1. The quantitative estimate of drug-likeness (QED) is 0.673. The van der Waals surface area contributed by atoms with Crippen LogP contribution < -0.4 is 10.2 Å². The lowest BCUT2D eigenvalue weighted by molar-refractivity contribution is -0.118. The first-order valence-corrected chi connectivity index (χ1v) is 12.1. The number of rotatable bonds is 8. The summed E-state index contributed by atoms with van der Waals surface area (Å²) in [5, 5.41) is 2.79. The number of benzene rings is 1. The number of nitrogens with zero attached hydrogens (tertiary/aromatic N) is 2. The predicted octanol–water partition coefficient (Wildman–Crippen LogP) is 2.53. The number of amides is 1. The largest absolute Gasteiger partial charge is 0.369 e. The number of hydrogen-bond acceptors (Lipinski definition) is 4. The average molecular weight is 408 g/mol. The molecule has 1 amide bonds. The number of carbonyl (C=O) groups is 1. The topological polar surface area (TPSA) is 69.7 Å². The van der Waals surface area contributed by atoms with E-state index in [1.807, 2.05) is 6.07 Å². The lowest BCUT2D eigenvalue weighted by Crippen LogP contribution is -2.50. The maximum absolute atomic E-state index is 12.6. The van der Waals surface area contributed by atoms with Crippen LogP contribution in [0.2, 0.25) is 0 Å². The number of aryl methyl sites for hydroxylation is 1. The molecule has 0 aromatic heterocycles. The van der Waals surface area contributed by atoms with Gasteiger partial charge in [0.05, 0.1) is 0 Å². The molecule has 1 saturated carbocycles. The summed E-state index contributed by atoms with van der Waals surface area (Å²) in [6.45, 7) is 4.76. The van der Waals surface area contributed by atoms with Gasteiger partial charge in [-0.15, -0.1) is 0 Å². The number of carbonyl (C=O) groups excluding carboxylic acids is 1.